The van der Waals surface area contributed by atoms with Gasteiger partial charge in [0.2, 0.25) is 0 Å². The highest BCUT2D eigenvalue weighted by Crippen LogP contribution is 2.31. The third kappa shape index (κ3) is 4.67. The summed E-state index contributed by atoms with van der Waals surface area (Å²) < 4.78 is 10.0. The van der Waals surface area contributed by atoms with Gasteiger partial charge in [0.1, 0.15) is 5.75 Å². The molecule has 0 heterocycles. The van der Waals surface area contributed by atoms with Gasteiger partial charge in [0.15, 0.2) is 6.61 Å². The van der Waals surface area contributed by atoms with Gasteiger partial charge in [0, 0.05) is 16.4 Å². The number of rotatable bonds is 6. The van der Waals surface area contributed by atoms with Crippen LogP contribution in [-0.4, -0.2) is 24.5 Å². The number of carbonyl (C=O) groups is 1. The van der Waals surface area contributed by atoms with Gasteiger partial charge in [-0.25, -0.2) is 4.79 Å². The molecule has 0 saturated heterocycles. The van der Waals surface area contributed by atoms with Crippen LogP contribution < -0.4 is 4.74 Å². The highest BCUT2D eigenvalue weighted by Gasteiger charge is 2.10. The maximum Gasteiger partial charge on any atom is 0.344 e. The fourth-order valence-electron chi connectivity index (χ4n) is 1.31. The minimum absolute atomic E-state index is 0.179. The summed E-state index contributed by atoms with van der Waals surface area (Å²) in [4.78, 5) is 11.2. The van der Waals surface area contributed by atoms with E-state index in [4.69, 9.17) is 32.7 Å². The predicted molar refractivity (Wildman–Crippen MR) is 76.1 cm³/mol. The van der Waals surface area contributed by atoms with Gasteiger partial charge in [0.25, 0.3) is 0 Å². The fourth-order valence-corrected chi connectivity index (χ4v) is 2.23. The summed E-state index contributed by atoms with van der Waals surface area (Å²) in [6.07, 6.45) is 0.775. The van der Waals surface area contributed by atoms with Gasteiger partial charge in [0.05, 0.1) is 11.6 Å². The molecule has 0 amide bonds. The van der Waals surface area contributed by atoms with E-state index in [-0.39, 0.29) is 6.61 Å². The Balaban J connectivity index is 2.72. The number of hydrogen-bond donors (Lipinski definition) is 0. The molecule has 0 spiro atoms. The molecule has 0 bridgehead atoms. The van der Waals surface area contributed by atoms with Gasteiger partial charge in [-0.3, -0.25) is 0 Å². The van der Waals surface area contributed by atoms with Crippen molar-refractivity contribution in [2.75, 3.05) is 18.5 Å². The zero-order chi connectivity index (χ0) is 13.5. The van der Waals surface area contributed by atoms with Crippen molar-refractivity contribution in [2.45, 2.75) is 13.3 Å². The van der Waals surface area contributed by atoms with Crippen LogP contribution in [0.15, 0.2) is 12.1 Å². The van der Waals surface area contributed by atoms with Crippen molar-refractivity contribution >= 4 is 45.1 Å². The Morgan fingerprint density at radius 2 is 2.06 bits per heavy atom. The summed E-state index contributed by atoms with van der Waals surface area (Å²) in [6, 6.07) is 3.35. The van der Waals surface area contributed by atoms with Crippen molar-refractivity contribution in [3.8, 4) is 5.75 Å². The Hall–Kier alpha value is -0.450. The van der Waals surface area contributed by atoms with Gasteiger partial charge in [-0.15, -0.1) is 0 Å². The Morgan fingerprint density at radius 1 is 1.33 bits per heavy atom. The average molecular weight is 356 g/mol. The van der Waals surface area contributed by atoms with Crippen molar-refractivity contribution in [1.82, 2.24) is 0 Å². The zero-order valence-electron chi connectivity index (χ0n) is 9.84. The minimum atomic E-state index is -0.436. The van der Waals surface area contributed by atoms with Crippen LogP contribution in [-0.2, 0) is 16.0 Å². The van der Waals surface area contributed by atoms with Gasteiger partial charge in [-0.05, 0) is 25.0 Å². The van der Waals surface area contributed by atoms with Crippen molar-refractivity contribution in [3.05, 3.63) is 27.7 Å². The molecule has 1 aromatic carbocycles. The van der Waals surface area contributed by atoms with Gasteiger partial charge in [-0.2, -0.15) is 0 Å². The standard InChI is InChI=1S/C12H13BrCl2O3/c1-2-17-12(16)7-18-11-6-9(14)8(3-4-13)5-10(11)15/h5-6H,2-4,7H2,1H3. The Labute approximate surface area is 124 Å². The normalized spacial score (nSPS) is 10.2. The summed E-state index contributed by atoms with van der Waals surface area (Å²) >= 11 is 15.5. The number of esters is 1. The van der Waals surface area contributed by atoms with Gasteiger partial charge >= 0.3 is 5.97 Å². The first-order valence-corrected chi connectivity index (χ1v) is 7.28. The number of hydrogen-bond acceptors (Lipinski definition) is 3. The van der Waals surface area contributed by atoms with E-state index in [0.717, 1.165) is 17.3 Å². The lowest BCUT2D eigenvalue weighted by Gasteiger charge is -2.10. The first-order valence-electron chi connectivity index (χ1n) is 5.40. The number of ether oxygens (including phenoxy) is 2. The lowest BCUT2D eigenvalue weighted by atomic mass is 10.1. The molecule has 0 atom stereocenters. The molecule has 1 aromatic rings. The van der Waals surface area contributed by atoms with Crippen LogP contribution >= 0.6 is 39.1 Å². The summed E-state index contributed by atoms with van der Waals surface area (Å²) in [6.45, 7) is 1.87. The molecule has 18 heavy (non-hydrogen) atoms. The van der Waals surface area contributed by atoms with E-state index in [1.165, 1.54) is 0 Å². The number of alkyl halides is 1. The predicted octanol–water partition coefficient (Wildman–Crippen LogP) is 3.87. The monoisotopic (exact) mass is 354 g/mol. The fraction of sp³-hybridized carbons (Fsp3) is 0.417. The minimum Gasteiger partial charge on any atom is -0.480 e. The summed E-state index contributed by atoms with van der Waals surface area (Å²) in [5, 5.41) is 1.80. The molecule has 3 nitrogen and oxygen atoms in total. The second-order valence-corrected chi connectivity index (χ2v) is 5.01. The first kappa shape index (κ1) is 15.6. The second kappa shape index (κ2) is 7.87. The number of carbonyl (C=O) groups excluding carboxylic acids is 1. The van der Waals surface area contributed by atoms with Crippen LogP contribution in [0, 0.1) is 0 Å². The maximum absolute atomic E-state index is 11.2. The summed E-state index contributed by atoms with van der Waals surface area (Å²) in [5.74, 6) is -0.0535. The van der Waals surface area contributed by atoms with Crippen LogP contribution in [0.25, 0.3) is 0 Å². The molecular formula is C12H13BrCl2O3. The Morgan fingerprint density at radius 3 is 2.67 bits per heavy atom. The molecule has 0 aliphatic rings. The van der Waals surface area contributed by atoms with E-state index in [9.17, 15) is 4.79 Å². The third-order valence-electron chi connectivity index (χ3n) is 2.12. The largest absolute Gasteiger partial charge is 0.480 e. The quantitative estimate of drug-likeness (QED) is 0.574. The van der Waals surface area contributed by atoms with Crippen LogP contribution in [0.5, 0.6) is 5.75 Å². The Bertz CT molecular complexity index is 424. The number of benzene rings is 1. The molecule has 100 valence electrons. The van der Waals surface area contributed by atoms with Crippen LogP contribution in [0.2, 0.25) is 10.0 Å². The lowest BCUT2D eigenvalue weighted by molar-refractivity contribution is -0.145. The summed E-state index contributed by atoms with van der Waals surface area (Å²) in [7, 11) is 0. The second-order valence-electron chi connectivity index (χ2n) is 3.41. The number of aryl methyl sites for hydroxylation is 1. The highest BCUT2D eigenvalue weighted by atomic mass is 79.9. The molecule has 0 unspecified atom stereocenters. The molecule has 6 heteroatoms. The van der Waals surface area contributed by atoms with Gasteiger partial charge < -0.3 is 9.47 Å². The highest BCUT2D eigenvalue weighted by molar-refractivity contribution is 9.09. The third-order valence-corrected chi connectivity index (χ3v) is 3.16. The number of halogens is 3. The lowest BCUT2D eigenvalue weighted by Crippen LogP contribution is -2.14. The van der Waals surface area contributed by atoms with E-state index in [1.807, 2.05) is 0 Å². The maximum atomic E-state index is 11.2. The van der Waals surface area contributed by atoms with Crippen LogP contribution in [0.1, 0.15) is 12.5 Å². The van der Waals surface area contributed by atoms with E-state index in [2.05, 4.69) is 15.9 Å². The van der Waals surface area contributed by atoms with Crippen LogP contribution in [0.4, 0.5) is 0 Å². The average Bonchev–Trinajstić information content (AvgIpc) is 2.32. The van der Waals surface area contributed by atoms with E-state index in [0.29, 0.717) is 22.4 Å². The zero-order valence-corrected chi connectivity index (χ0v) is 12.9. The first-order chi connectivity index (χ1) is 8.58. The molecule has 0 aromatic heterocycles. The van der Waals surface area contributed by atoms with Crippen molar-refractivity contribution in [2.24, 2.45) is 0 Å². The van der Waals surface area contributed by atoms with E-state index in [1.54, 1.807) is 19.1 Å². The van der Waals surface area contributed by atoms with Crippen molar-refractivity contribution in [3.63, 3.8) is 0 Å². The smallest absolute Gasteiger partial charge is 0.344 e. The molecule has 0 N–H and O–H groups in total. The summed E-state index contributed by atoms with van der Waals surface area (Å²) in [5.41, 5.74) is 0.932. The SMILES string of the molecule is CCOC(=O)COc1cc(Cl)c(CCBr)cc1Cl. The molecule has 0 radical (unpaired) electrons. The van der Waals surface area contributed by atoms with E-state index < -0.39 is 5.97 Å². The van der Waals surface area contributed by atoms with E-state index >= 15 is 0 Å². The van der Waals surface area contributed by atoms with Gasteiger partial charge in [-0.1, -0.05) is 39.1 Å². The molecule has 0 aliphatic carbocycles. The molecule has 1 rings (SSSR count). The van der Waals surface area contributed by atoms with Crippen molar-refractivity contribution in [1.29, 1.82) is 0 Å². The molecular weight excluding hydrogens is 343 g/mol. The van der Waals surface area contributed by atoms with Crippen molar-refractivity contribution < 1.29 is 14.3 Å². The molecule has 0 fully saturated rings. The van der Waals surface area contributed by atoms with Crippen LogP contribution in [0.3, 0.4) is 0 Å². The Kier molecular flexibility index (Phi) is 6.82. The molecule has 0 saturated carbocycles. The molecule has 0 aliphatic heterocycles. The topological polar surface area (TPSA) is 35.5 Å².